The van der Waals surface area contributed by atoms with Crippen molar-refractivity contribution in [2.75, 3.05) is 4.90 Å². The number of nitrogens with zero attached hydrogens (tertiary/aromatic N) is 1. The highest BCUT2D eigenvalue weighted by atomic mass is 16.3. The lowest BCUT2D eigenvalue weighted by molar-refractivity contribution is 0.668. The number of furan rings is 1. The van der Waals surface area contributed by atoms with E-state index < -0.39 is 5.41 Å². The Kier molecular flexibility index (Phi) is 6.13. The van der Waals surface area contributed by atoms with Crippen LogP contribution in [0.5, 0.6) is 0 Å². The van der Waals surface area contributed by atoms with Crippen molar-refractivity contribution in [2.24, 2.45) is 0 Å². The molecule has 2 aliphatic carbocycles. The third-order valence-corrected chi connectivity index (χ3v) is 12.8. The van der Waals surface area contributed by atoms with Crippen molar-refractivity contribution in [1.82, 2.24) is 0 Å². The molecule has 1 spiro atoms. The van der Waals surface area contributed by atoms with Gasteiger partial charge in [0, 0.05) is 27.6 Å². The van der Waals surface area contributed by atoms with E-state index in [0.717, 1.165) is 39.0 Å². The Morgan fingerprint density at radius 1 is 0.298 bits per heavy atom. The van der Waals surface area contributed by atoms with Crippen LogP contribution in [-0.4, -0.2) is 0 Å². The van der Waals surface area contributed by atoms with Gasteiger partial charge in [-0.2, -0.15) is 0 Å². The fraction of sp³-hybridized carbons (Fsp3) is 0.0182. The third-order valence-electron chi connectivity index (χ3n) is 12.8. The zero-order valence-electron chi connectivity index (χ0n) is 30.9. The van der Waals surface area contributed by atoms with Gasteiger partial charge in [-0.15, -0.1) is 0 Å². The van der Waals surface area contributed by atoms with Crippen molar-refractivity contribution in [3.05, 3.63) is 222 Å². The third kappa shape index (κ3) is 3.99. The smallest absolute Gasteiger partial charge is 0.136 e. The molecule has 1 atom stereocenters. The van der Waals surface area contributed by atoms with Crippen LogP contribution in [0.25, 0.3) is 77.6 Å². The van der Waals surface area contributed by atoms with E-state index >= 15 is 0 Å². The van der Waals surface area contributed by atoms with Crippen LogP contribution in [-0.2, 0) is 5.41 Å². The minimum absolute atomic E-state index is 0.646. The van der Waals surface area contributed by atoms with Gasteiger partial charge in [0.05, 0.1) is 16.8 Å². The van der Waals surface area contributed by atoms with Crippen molar-refractivity contribution in [1.29, 1.82) is 0 Å². The number of benzene rings is 9. The standard InChI is InChI=1S/C55H33NO/c1-2-16-36-35(15-1)39-19-5-10-24-47(39)55(48-25-11-6-20-40(48)45-33-54-46(32-50(45)55)44-23-9-14-28-53(44)57-54)49-31-34(29-30-41(36)49)56-51-26-12-7-21-42(51)37-17-3-4-18-38(37)43-22-8-13-27-52(43)56/h1-33H. The molecule has 10 aromatic rings. The first-order valence-electron chi connectivity index (χ1n) is 19.8. The number of hydrogen-bond acceptors (Lipinski definition) is 2. The largest absolute Gasteiger partial charge is 0.456 e. The van der Waals surface area contributed by atoms with Gasteiger partial charge in [0.25, 0.3) is 0 Å². The van der Waals surface area contributed by atoms with E-state index in [1.807, 2.05) is 0 Å². The molecule has 13 rings (SSSR count). The summed E-state index contributed by atoms with van der Waals surface area (Å²) in [6.07, 6.45) is 0. The lowest BCUT2D eigenvalue weighted by Crippen LogP contribution is -2.29. The summed E-state index contributed by atoms with van der Waals surface area (Å²) in [6, 6.07) is 74.3. The van der Waals surface area contributed by atoms with E-state index in [4.69, 9.17) is 4.42 Å². The molecule has 2 heteroatoms. The number of fused-ring (bicyclic) bond motifs is 20. The number of rotatable bonds is 1. The van der Waals surface area contributed by atoms with E-state index in [0.29, 0.717) is 0 Å². The lowest BCUT2D eigenvalue weighted by Gasteiger charge is -2.36. The molecule has 0 saturated carbocycles. The molecule has 1 unspecified atom stereocenters. The monoisotopic (exact) mass is 723 g/mol. The molecule has 2 nitrogen and oxygen atoms in total. The summed E-state index contributed by atoms with van der Waals surface area (Å²) < 4.78 is 6.58. The topological polar surface area (TPSA) is 16.4 Å². The van der Waals surface area contributed by atoms with Crippen LogP contribution in [0.2, 0.25) is 0 Å². The van der Waals surface area contributed by atoms with E-state index in [9.17, 15) is 0 Å². The summed E-state index contributed by atoms with van der Waals surface area (Å²) in [5.74, 6) is 0. The molecule has 1 aromatic heterocycles. The zero-order chi connectivity index (χ0) is 37.2. The fourth-order valence-corrected chi connectivity index (χ4v) is 10.6. The Morgan fingerprint density at radius 3 is 1.39 bits per heavy atom. The first kappa shape index (κ1) is 30.9. The minimum atomic E-state index is -0.646. The van der Waals surface area contributed by atoms with Gasteiger partial charge in [0.15, 0.2) is 0 Å². The van der Waals surface area contributed by atoms with Crippen LogP contribution in [0.15, 0.2) is 205 Å². The predicted molar refractivity (Wildman–Crippen MR) is 235 cm³/mol. The summed E-state index contributed by atoms with van der Waals surface area (Å²) in [4.78, 5) is 2.50. The summed E-state index contributed by atoms with van der Waals surface area (Å²) in [5, 5.41) is 2.28. The molecule has 0 fully saturated rings. The van der Waals surface area contributed by atoms with E-state index in [2.05, 4.69) is 205 Å². The number of anilines is 3. The summed E-state index contributed by atoms with van der Waals surface area (Å²) in [5.41, 5.74) is 22.1. The van der Waals surface area contributed by atoms with E-state index in [-0.39, 0.29) is 0 Å². The summed E-state index contributed by atoms with van der Waals surface area (Å²) >= 11 is 0. The molecule has 9 aromatic carbocycles. The molecule has 264 valence electrons. The van der Waals surface area contributed by atoms with Gasteiger partial charge in [-0.1, -0.05) is 158 Å². The summed E-state index contributed by atoms with van der Waals surface area (Å²) in [6.45, 7) is 0. The Hall–Kier alpha value is -7.42. The second kappa shape index (κ2) is 11.3. The molecule has 2 heterocycles. The molecule has 0 radical (unpaired) electrons. The maximum absolute atomic E-state index is 6.58. The van der Waals surface area contributed by atoms with Gasteiger partial charge in [0.1, 0.15) is 11.2 Å². The van der Waals surface area contributed by atoms with Crippen LogP contribution >= 0.6 is 0 Å². The molecule has 0 amide bonds. The van der Waals surface area contributed by atoms with Crippen molar-refractivity contribution in [2.45, 2.75) is 5.41 Å². The quantitative estimate of drug-likeness (QED) is 0.168. The van der Waals surface area contributed by atoms with Crippen LogP contribution in [0.4, 0.5) is 17.1 Å². The van der Waals surface area contributed by atoms with E-state index in [1.54, 1.807) is 0 Å². The molecular weight excluding hydrogens is 691 g/mol. The van der Waals surface area contributed by atoms with Crippen LogP contribution in [0.3, 0.4) is 0 Å². The maximum atomic E-state index is 6.58. The van der Waals surface area contributed by atoms with Gasteiger partial charge in [-0.05, 0) is 109 Å². The van der Waals surface area contributed by atoms with Crippen LogP contribution < -0.4 is 4.90 Å². The van der Waals surface area contributed by atoms with Gasteiger partial charge >= 0.3 is 0 Å². The maximum Gasteiger partial charge on any atom is 0.136 e. The molecule has 0 saturated heterocycles. The average molecular weight is 724 g/mol. The SMILES string of the molecule is c1ccc2c(c1)-c1ccccc1N(c1ccc3c(c1)C1(c4ccccc4-c4ccccc4-3)c3ccccc3-c3cc4oc5ccccc5c4cc31)c1ccccc1-2. The zero-order valence-corrected chi connectivity index (χ0v) is 30.9. The molecular formula is C55H33NO. The highest BCUT2D eigenvalue weighted by Crippen LogP contribution is 2.63. The second-order valence-electron chi connectivity index (χ2n) is 15.5. The van der Waals surface area contributed by atoms with Gasteiger partial charge in [0.2, 0.25) is 0 Å². The Labute approximate surface area is 330 Å². The molecule has 0 N–H and O–H groups in total. The lowest BCUT2D eigenvalue weighted by atomic mass is 9.65. The fourth-order valence-electron chi connectivity index (χ4n) is 10.6. The second-order valence-corrected chi connectivity index (χ2v) is 15.5. The number of hydrogen-bond donors (Lipinski definition) is 0. The minimum Gasteiger partial charge on any atom is -0.456 e. The highest BCUT2D eigenvalue weighted by Gasteiger charge is 2.50. The average Bonchev–Trinajstić information content (AvgIpc) is 3.70. The van der Waals surface area contributed by atoms with Gasteiger partial charge in [-0.3, -0.25) is 0 Å². The van der Waals surface area contributed by atoms with Crippen molar-refractivity contribution >= 4 is 39.0 Å². The van der Waals surface area contributed by atoms with Gasteiger partial charge in [-0.25, -0.2) is 0 Å². The Morgan fingerprint density at radius 2 is 0.754 bits per heavy atom. The normalized spacial score (nSPS) is 15.4. The molecule has 0 bridgehead atoms. The number of para-hydroxylation sites is 3. The molecule has 57 heavy (non-hydrogen) atoms. The molecule has 1 aliphatic heterocycles. The molecule has 3 aliphatic rings. The van der Waals surface area contributed by atoms with Crippen molar-refractivity contribution in [3.63, 3.8) is 0 Å². The first-order chi connectivity index (χ1) is 28.3. The van der Waals surface area contributed by atoms with Crippen molar-refractivity contribution < 1.29 is 4.42 Å². The van der Waals surface area contributed by atoms with Crippen molar-refractivity contribution in [3.8, 4) is 55.6 Å². The van der Waals surface area contributed by atoms with Gasteiger partial charge < -0.3 is 9.32 Å². The predicted octanol–water partition coefficient (Wildman–Crippen LogP) is 14.7. The van der Waals surface area contributed by atoms with Crippen LogP contribution in [0, 0.1) is 0 Å². The summed E-state index contributed by atoms with van der Waals surface area (Å²) in [7, 11) is 0. The Balaban J connectivity index is 1.20. The highest BCUT2D eigenvalue weighted by molar-refractivity contribution is 6.09. The Bertz CT molecular complexity index is 3260. The van der Waals surface area contributed by atoms with E-state index in [1.165, 1.54) is 77.9 Å². The van der Waals surface area contributed by atoms with Crippen LogP contribution in [0.1, 0.15) is 22.3 Å². The first-order valence-corrected chi connectivity index (χ1v) is 19.8.